The number of hydrogen-bond donors (Lipinski definition) is 2. The van der Waals surface area contributed by atoms with Crippen LogP contribution in [0.15, 0.2) is 42.9 Å². The lowest BCUT2D eigenvalue weighted by atomic mass is 9.90. The number of aromatic hydroxyl groups is 1. The minimum atomic E-state index is -0.0252. The number of ether oxygens (including phenoxy) is 1. The highest BCUT2D eigenvalue weighted by Gasteiger charge is 2.31. The van der Waals surface area contributed by atoms with Crippen LogP contribution in [0.1, 0.15) is 28.4 Å². The summed E-state index contributed by atoms with van der Waals surface area (Å²) in [6.07, 6.45) is 3.32. The molecule has 3 aromatic rings. The highest BCUT2D eigenvalue weighted by atomic mass is 16.5. The molecule has 0 fully saturated rings. The van der Waals surface area contributed by atoms with Gasteiger partial charge in [0, 0.05) is 18.7 Å². The summed E-state index contributed by atoms with van der Waals surface area (Å²) in [5, 5.41) is 19.5. The molecule has 7 heteroatoms. The van der Waals surface area contributed by atoms with E-state index in [-0.39, 0.29) is 11.7 Å². The number of nitriles is 1. The van der Waals surface area contributed by atoms with E-state index in [4.69, 9.17) is 4.74 Å². The lowest BCUT2D eigenvalue weighted by Crippen LogP contribution is -2.34. The number of hydrogen-bond acceptors (Lipinski definition) is 6. The van der Waals surface area contributed by atoms with Gasteiger partial charge in [-0.2, -0.15) is 5.26 Å². The van der Waals surface area contributed by atoms with Crippen LogP contribution in [-0.4, -0.2) is 33.7 Å². The van der Waals surface area contributed by atoms with Crippen LogP contribution in [0, 0.1) is 11.3 Å². The quantitative estimate of drug-likeness (QED) is 0.755. The largest absolute Gasteiger partial charge is 0.508 e. The average molecular weight is 347 g/mol. The molecule has 3 heterocycles. The zero-order chi connectivity index (χ0) is 18.1. The number of aromatic amines is 1. The van der Waals surface area contributed by atoms with Crippen molar-refractivity contribution in [3.63, 3.8) is 0 Å². The maximum Gasteiger partial charge on any atom is 0.233 e. The zero-order valence-corrected chi connectivity index (χ0v) is 14.2. The second-order valence-electron chi connectivity index (χ2n) is 6.12. The molecule has 1 unspecified atom stereocenters. The summed E-state index contributed by atoms with van der Waals surface area (Å²) in [7, 11) is 1.51. The third kappa shape index (κ3) is 2.62. The summed E-state index contributed by atoms with van der Waals surface area (Å²) in [5.74, 6) is 0.511. The molecule has 1 aromatic carbocycles. The first kappa shape index (κ1) is 16.0. The molecule has 2 N–H and O–H groups in total. The summed E-state index contributed by atoms with van der Waals surface area (Å²) in [4.78, 5) is 13.9. The molecule has 130 valence electrons. The third-order valence-corrected chi connectivity index (χ3v) is 4.65. The van der Waals surface area contributed by atoms with Crippen LogP contribution in [-0.2, 0) is 6.54 Å². The van der Waals surface area contributed by atoms with Crippen LogP contribution in [0.2, 0.25) is 0 Å². The minimum absolute atomic E-state index is 0.0252. The number of fused-ring (bicyclic) bond motifs is 1. The minimum Gasteiger partial charge on any atom is -0.508 e. The Balaban J connectivity index is 1.79. The molecule has 0 aliphatic carbocycles. The Morgan fingerprint density at radius 3 is 3.00 bits per heavy atom. The van der Waals surface area contributed by atoms with Gasteiger partial charge in [-0.1, -0.05) is 12.1 Å². The highest BCUT2D eigenvalue weighted by Crippen LogP contribution is 2.37. The van der Waals surface area contributed by atoms with E-state index < -0.39 is 0 Å². The Hall–Kier alpha value is -3.53. The van der Waals surface area contributed by atoms with Gasteiger partial charge in [0.15, 0.2) is 0 Å². The number of phenols is 1. The van der Waals surface area contributed by atoms with Crippen molar-refractivity contribution < 1.29 is 9.84 Å². The Morgan fingerprint density at radius 1 is 1.35 bits per heavy atom. The Kier molecular flexibility index (Phi) is 3.93. The Bertz CT molecular complexity index is 992. The summed E-state index contributed by atoms with van der Waals surface area (Å²) in [6.45, 7) is 1.23. The molecule has 0 spiro atoms. The van der Waals surface area contributed by atoms with Crippen LogP contribution in [0.5, 0.6) is 11.6 Å². The molecule has 1 atom stereocenters. The van der Waals surface area contributed by atoms with Crippen LogP contribution < -0.4 is 9.64 Å². The van der Waals surface area contributed by atoms with E-state index >= 15 is 0 Å². The third-order valence-electron chi connectivity index (χ3n) is 4.65. The van der Waals surface area contributed by atoms with Crippen molar-refractivity contribution in [2.75, 3.05) is 18.6 Å². The number of imidazole rings is 1. The topological polar surface area (TPSA) is 98.1 Å². The number of nitrogens with zero attached hydrogens (tertiary/aromatic N) is 4. The van der Waals surface area contributed by atoms with Crippen molar-refractivity contribution in [2.24, 2.45) is 0 Å². The molecular formula is C19H17N5O2. The van der Waals surface area contributed by atoms with Gasteiger partial charge in [0.1, 0.15) is 17.4 Å². The first-order valence-electron chi connectivity index (χ1n) is 8.20. The number of pyridine rings is 1. The van der Waals surface area contributed by atoms with Crippen molar-refractivity contribution in [2.45, 2.75) is 12.5 Å². The van der Waals surface area contributed by atoms with E-state index in [1.165, 1.54) is 7.11 Å². The second-order valence-corrected chi connectivity index (χ2v) is 6.12. The zero-order valence-electron chi connectivity index (χ0n) is 14.2. The van der Waals surface area contributed by atoms with Gasteiger partial charge in [-0.3, -0.25) is 0 Å². The summed E-state index contributed by atoms with van der Waals surface area (Å²) in [5.41, 5.74) is 4.11. The van der Waals surface area contributed by atoms with Crippen molar-refractivity contribution in [1.29, 1.82) is 5.26 Å². The summed E-state index contributed by atoms with van der Waals surface area (Å²) in [6, 6.07) is 11.2. The molecular weight excluding hydrogens is 330 g/mol. The van der Waals surface area contributed by atoms with E-state index in [2.05, 4.69) is 25.9 Å². The fourth-order valence-corrected chi connectivity index (χ4v) is 3.47. The predicted octanol–water partition coefficient (Wildman–Crippen LogP) is 2.54. The normalized spacial score (nSPS) is 16.0. The van der Waals surface area contributed by atoms with E-state index in [1.54, 1.807) is 24.7 Å². The Labute approximate surface area is 150 Å². The molecule has 0 saturated heterocycles. The molecule has 1 aliphatic heterocycles. The average Bonchev–Trinajstić information content (AvgIpc) is 3.15. The number of H-pyrrole nitrogens is 1. The Morgan fingerprint density at radius 2 is 2.23 bits per heavy atom. The van der Waals surface area contributed by atoms with Gasteiger partial charge in [0.2, 0.25) is 5.88 Å². The van der Waals surface area contributed by atoms with E-state index in [9.17, 15) is 10.4 Å². The van der Waals surface area contributed by atoms with Crippen molar-refractivity contribution in [1.82, 2.24) is 15.0 Å². The SMILES string of the molecule is COc1nccc(N2Cc3[nH]cnc3C(c3cccc(O)c3)C2)c1C#N. The fourth-order valence-electron chi connectivity index (χ4n) is 3.47. The molecule has 7 nitrogen and oxygen atoms in total. The number of anilines is 1. The van der Waals surface area contributed by atoms with Gasteiger partial charge in [-0.15, -0.1) is 0 Å². The first-order chi connectivity index (χ1) is 12.7. The van der Waals surface area contributed by atoms with Gasteiger partial charge < -0.3 is 19.7 Å². The number of aromatic nitrogens is 3. The van der Waals surface area contributed by atoms with E-state index in [0.29, 0.717) is 24.5 Å². The number of rotatable bonds is 3. The monoisotopic (exact) mass is 347 g/mol. The maximum atomic E-state index is 9.87. The molecule has 26 heavy (non-hydrogen) atoms. The second kappa shape index (κ2) is 6.41. The van der Waals surface area contributed by atoms with Gasteiger partial charge in [-0.05, 0) is 23.8 Å². The standard InChI is InChI=1S/C19H17N5O2/c1-26-19-14(8-20)17(5-6-21-19)24-9-15(12-3-2-4-13(25)7-12)18-16(10-24)22-11-23-18/h2-7,11,15,25H,9-10H2,1H3,(H,22,23). The molecule has 0 saturated carbocycles. The molecule has 0 amide bonds. The van der Waals surface area contributed by atoms with Gasteiger partial charge >= 0.3 is 0 Å². The number of benzene rings is 1. The van der Waals surface area contributed by atoms with Crippen LogP contribution in [0.4, 0.5) is 5.69 Å². The van der Waals surface area contributed by atoms with Crippen molar-refractivity contribution in [3.8, 4) is 17.7 Å². The van der Waals surface area contributed by atoms with E-state index in [1.807, 2.05) is 18.2 Å². The van der Waals surface area contributed by atoms with Gasteiger partial charge in [0.25, 0.3) is 0 Å². The van der Waals surface area contributed by atoms with Gasteiger partial charge in [-0.25, -0.2) is 9.97 Å². The maximum absolute atomic E-state index is 9.87. The first-order valence-corrected chi connectivity index (χ1v) is 8.20. The van der Waals surface area contributed by atoms with Crippen molar-refractivity contribution >= 4 is 5.69 Å². The number of phenolic OH excluding ortho intramolecular Hbond substituents is 1. The number of nitrogens with one attached hydrogen (secondary N) is 1. The molecule has 4 rings (SSSR count). The number of methoxy groups -OCH3 is 1. The predicted molar refractivity (Wildman–Crippen MR) is 95.1 cm³/mol. The molecule has 0 radical (unpaired) electrons. The lowest BCUT2D eigenvalue weighted by molar-refractivity contribution is 0.396. The summed E-state index contributed by atoms with van der Waals surface area (Å²) < 4.78 is 5.24. The van der Waals surface area contributed by atoms with Crippen LogP contribution in [0.3, 0.4) is 0 Å². The summed E-state index contributed by atoms with van der Waals surface area (Å²) >= 11 is 0. The molecule has 1 aliphatic rings. The lowest BCUT2D eigenvalue weighted by Gasteiger charge is -2.34. The highest BCUT2D eigenvalue weighted by molar-refractivity contribution is 5.64. The van der Waals surface area contributed by atoms with Crippen LogP contribution in [0.25, 0.3) is 0 Å². The van der Waals surface area contributed by atoms with Gasteiger partial charge in [0.05, 0.1) is 37.1 Å². The van der Waals surface area contributed by atoms with Crippen LogP contribution >= 0.6 is 0 Å². The molecule has 2 aromatic heterocycles. The smallest absolute Gasteiger partial charge is 0.233 e. The fraction of sp³-hybridized carbons (Fsp3) is 0.211. The molecule has 0 bridgehead atoms. The van der Waals surface area contributed by atoms with Crippen molar-refractivity contribution in [3.05, 3.63) is 65.4 Å². The van der Waals surface area contributed by atoms with E-state index in [0.717, 1.165) is 22.6 Å².